The van der Waals surface area contributed by atoms with Crippen molar-refractivity contribution in [3.05, 3.63) is 34.0 Å². The first-order chi connectivity index (χ1) is 14.6. The molecule has 0 aliphatic rings. The van der Waals surface area contributed by atoms with E-state index in [0.29, 0.717) is 6.04 Å². The maximum absolute atomic E-state index is 4.57. The molecular weight excluding hydrogens is 483 g/mol. The fourth-order valence-electron chi connectivity index (χ4n) is 4.12. The zero-order valence-electron chi connectivity index (χ0n) is 19.5. The number of nitrogens with zero attached hydrogens (tertiary/aromatic N) is 3. The number of halogens is 1. The van der Waals surface area contributed by atoms with Crippen molar-refractivity contribution in [3.63, 3.8) is 0 Å². The van der Waals surface area contributed by atoms with Crippen molar-refractivity contribution in [3.8, 4) is 0 Å². The van der Waals surface area contributed by atoms with Crippen molar-refractivity contribution in [2.75, 3.05) is 44.6 Å². The third-order valence-corrected chi connectivity index (χ3v) is 6.83. The zero-order chi connectivity index (χ0) is 21.8. The van der Waals surface area contributed by atoms with Crippen LogP contribution in [0.15, 0.2) is 30.5 Å². The van der Waals surface area contributed by atoms with Gasteiger partial charge < -0.3 is 15.1 Å². The molecular formula is C25H41IN4. The van der Waals surface area contributed by atoms with Crippen LogP contribution in [0.3, 0.4) is 0 Å². The molecule has 0 amide bonds. The predicted octanol–water partition coefficient (Wildman–Crippen LogP) is 6.25. The quantitative estimate of drug-likeness (QED) is 0.220. The molecule has 0 bridgehead atoms. The molecule has 2 aromatic rings. The largest absolute Gasteiger partial charge is 0.382 e. The summed E-state index contributed by atoms with van der Waals surface area (Å²) in [6.45, 7) is 16.1. The van der Waals surface area contributed by atoms with Gasteiger partial charge in [0.05, 0.1) is 5.52 Å². The molecule has 1 unspecified atom stereocenters. The lowest BCUT2D eigenvalue weighted by molar-refractivity contribution is 0.287. The molecule has 1 aromatic heterocycles. The van der Waals surface area contributed by atoms with Crippen LogP contribution in [-0.2, 0) is 0 Å². The van der Waals surface area contributed by atoms with Gasteiger partial charge in [0.15, 0.2) is 0 Å². The molecule has 5 heteroatoms. The summed E-state index contributed by atoms with van der Waals surface area (Å²) < 4.78 is 1.23. The number of benzene rings is 1. The second-order valence-electron chi connectivity index (χ2n) is 8.05. The van der Waals surface area contributed by atoms with Crippen LogP contribution in [0.5, 0.6) is 0 Å². The van der Waals surface area contributed by atoms with Gasteiger partial charge in [-0.15, -0.1) is 0 Å². The van der Waals surface area contributed by atoms with Gasteiger partial charge in [0.25, 0.3) is 0 Å². The Morgan fingerprint density at radius 1 is 0.867 bits per heavy atom. The second kappa shape index (κ2) is 14.2. The van der Waals surface area contributed by atoms with E-state index in [2.05, 4.69) is 94.7 Å². The van der Waals surface area contributed by atoms with Gasteiger partial charge in [-0.1, -0.05) is 34.1 Å². The molecule has 1 N–H and O–H groups in total. The SMILES string of the molecule is CCN(CC)CCCCC(CCCN(CC)CC)Nc1ccnc2cc(I)ccc12. The van der Waals surface area contributed by atoms with Crippen LogP contribution in [0.4, 0.5) is 5.69 Å². The molecule has 0 spiro atoms. The Morgan fingerprint density at radius 3 is 2.17 bits per heavy atom. The highest BCUT2D eigenvalue weighted by molar-refractivity contribution is 14.1. The number of nitrogens with one attached hydrogen (secondary N) is 1. The van der Waals surface area contributed by atoms with Crippen LogP contribution >= 0.6 is 22.6 Å². The Hall–Kier alpha value is -0.920. The summed E-state index contributed by atoms with van der Waals surface area (Å²) in [5.74, 6) is 0. The van der Waals surface area contributed by atoms with Gasteiger partial charge in [0.2, 0.25) is 0 Å². The third-order valence-electron chi connectivity index (χ3n) is 6.16. The van der Waals surface area contributed by atoms with Crippen molar-refractivity contribution in [2.45, 2.75) is 65.8 Å². The number of aromatic nitrogens is 1. The predicted molar refractivity (Wildman–Crippen MR) is 141 cm³/mol. The normalized spacial score (nSPS) is 12.8. The van der Waals surface area contributed by atoms with Crippen LogP contribution in [0.1, 0.15) is 59.8 Å². The highest BCUT2D eigenvalue weighted by Gasteiger charge is 2.12. The molecule has 0 fully saturated rings. The van der Waals surface area contributed by atoms with E-state index in [4.69, 9.17) is 0 Å². The monoisotopic (exact) mass is 524 g/mol. The highest BCUT2D eigenvalue weighted by Crippen LogP contribution is 2.25. The minimum Gasteiger partial charge on any atom is -0.382 e. The lowest BCUT2D eigenvalue weighted by atomic mass is 10.0. The summed E-state index contributed by atoms with van der Waals surface area (Å²) in [6.07, 6.45) is 8.19. The summed E-state index contributed by atoms with van der Waals surface area (Å²) >= 11 is 2.36. The minimum atomic E-state index is 0.516. The van der Waals surface area contributed by atoms with Gasteiger partial charge >= 0.3 is 0 Å². The zero-order valence-corrected chi connectivity index (χ0v) is 21.6. The molecule has 4 nitrogen and oxygen atoms in total. The van der Waals surface area contributed by atoms with Crippen LogP contribution in [0, 0.1) is 3.57 Å². The Morgan fingerprint density at radius 2 is 1.50 bits per heavy atom. The Kier molecular flexibility index (Phi) is 12.0. The molecule has 0 aliphatic heterocycles. The number of unbranched alkanes of at least 4 members (excludes halogenated alkanes) is 1. The topological polar surface area (TPSA) is 31.4 Å². The molecule has 1 aromatic carbocycles. The standard InChI is InChI=1S/C25H41IN4/c1-5-29(6-2)18-10-9-12-22(13-11-19-30(7-3)8-4)28-24-16-17-27-25-20-21(26)14-15-23(24)25/h14-17,20,22H,5-13,18-19H2,1-4H3,(H,27,28). The molecule has 0 aliphatic carbocycles. The van der Waals surface area contributed by atoms with Crippen LogP contribution in [0.25, 0.3) is 10.9 Å². The molecule has 0 saturated carbocycles. The Labute approximate surface area is 198 Å². The van der Waals surface area contributed by atoms with E-state index in [1.54, 1.807) is 0 Å². The van der Waals surface area contributed by atoms with Crippen molar-refractivity contribution in [1.29, 1.82) is 0 Å². The van der Waals surface area contributed by atoms with E-state index >= 15 is 0 Å². The molecule has 0 radical (unpaired) electrons. The van der Waals surface area contributed by atoms with Crippen molar-refractivity contribution >= 4 is 39.2 Å². The molecule has 2 rings (SSSR count). The van der Waals surface area contributed by atoms with Crippen LogP contribution in [-0.4, -0.2) is 60.1 Å². The van der Waals surface area contributed by atoms with Crippen molar-refractivity contribution in [1.82, 2.24) is 14.8 Å². The van der Waals surface area contributed by atoms with E-state index in [9.17, 15) is 0 Å². The molecule has 1 atom stereocenters. The fraction of sp³-hybridized carbons (Fsp3) is 0.640. The number of hydrogen-bond donors (Lipinski definition) is 1. The van der Waals surface area contributed by atoms with Crippen molar-refractivity contribution < 1.29 is 0 Å². The summed E-state index contributed by atoms with van der Waals surface area (Å²) in [5.41, 5.74) is 2.31. The average Bonchev–Trinajstić information content (AvgIpc) is 2.76. The number of rotatable bonds is 15. The van der Waals surface area contributed by atoms with E-state index < -0.39 is 0 Å². The maximum Gasteiger partial charge on any atom is 0.0733 e. The third kappa shape index (κ3) is 8.31. The van der Waals surface area contributed by atoms with Gasteiger partial charge in [0.1, 0.15) is 0 Å². The maximum atomic E-state index is 4.57. The Bertz CT molecular complexity index is 728. The van der Waals surface area contributed by atoms with Crippen LogP contribution in [0.2, 0.25) is 0 Å². The fourth-order valence-corrected chi connectivity index (χ4v) is 4.60. The van der Waals surface area contributed by atoms with Gasteiger partial charge in [-0.05, 0) is 112 Å². The van der Waals surface area contributed by atoms with E-state index in [0.717, 1.165) is 31.7 Å². The van der Waals surface area contributed by atoms with Gasteiger partial charge in [0, 0.05) is 26.9 Å². The first-order valence-corrected chi connectivity index (χ1v) is 12.9. The molecule has 1 heterocycles. The second-order valence-corrected chi connectivity index (χ2v) is 9.30. The lowest BCUT2D eigenvalue weighted by Crippen LogP contribution is -2.27. The minimum absolute atomic E-state index is 0.516. The summed E-state index contributed by atoms with van der Waals surface area (Å²) in [4.78, 5) is 9.63. The number of pyridine rings is 1. The smallest absolute Gasteiger partial charge is 0.0733 e. The number of fused-ring (bicyclic) bond motifs is 1. The van der Waals surface area contributed by atoms with Crippen LogP contribution < -0.4 is 5.32 Å². The van der Waals surface area contributed by atoms with Gasteiger partial charge in [-0.25, -0.2) is 0 Å². The first-order valence-electron chi connectivity index (χ1n) is 11.9. The highest BCUT2D eigenvalue weighted by atomic mass is 127. The number of hydrogen-bond acceptors (Lipinski definition) is 4. The Balaban J connectivity index is 2.01. The van der Waals surface area contributed by atoms with Crippen molar-refractivity contribution in [2.24, 2.45) is 0 Å². The van der Waals surface area contributed by atoms with E-state index in [1.165, 1.54) is 59.8 Å². The first kappa shape index (κ1) is 25.3. The summed E-state index contributed by atoms with van der Waals surface area (Å²) in [6, 6.07) is 9.21. The summed E-state index contributed by atoms with van der Waals surface area (Å²) in [7, 11) is 0. The summed E-state index contributed by atoms with van der Waals surface area (Å²) in [5, 5.41) is 5.12. The average molecular weight is 525 g/mol. The molecule has 30 heavy (non-hydrogen) atoms. The van der Waals surface area contributed by atoms with Gasteiger partial charge in [-0.3, -0.25) is 4.98 Å². The van der Waals surface area contributed by atoms with Gasteiger partial charge in [-0.2, -0.15) is 0 Å². The number of anilines is 1. The molecule has 168 valence electrons. The van der Waals surface area contributed by atoms with E-state index in [-0.39, 0.29) is 0 Å². The molecule has 0 saturated heterocycles. The lowest BCUT2D eigenvalue weighted by Gasteiger charge is -2.24. The van der Waals surface area contributed by atoms with E-state index in [1.807, 2.05) is 6.20 Å².